The van der Waals surface area contributed by atoms with Crippen molar-refractivity contribution in [2.45, 2.75) is 24.5 Å². The molecule has 0 saturated carbocycles. The van der Waals surface area contributed by atoms with E-state index >= 15 is 0 Å². The molecule has 26 heavy (non-hydrogen) atoms. The first kappa shape index (κ1) is 16.6. The summed E-state index contributed by atoms with van der Waals surface area (Å²) in [6.07, 6.45) is 1.81. The predicted molar refractivity (Wildman–Crippen MR) is 101 cm³/mol. The van der Waals surface area contributed by atoms with Crippen LogP contribution in [0.25, 0.3) is 10.9 Å². The maximum absolute atomic E-state index is 5.69. The summed E-state index contributed by atoms with van der Waals surface area (Å²) < 4.78 is 11.4. The summed E-state index contributed by atoms with van der Waals surface area (Å²) in [4.78, 5) is 4.47. The third-order valence-electron chi connectivity index (χ3n) is 3.87. The fourth-order valence-electron chi connectivity index (χ4n) is 2.63. The number of benzene rings is 2. The van der Waals surface area contributed by atoms with E-state index in [-0.39, 0.29) is 6.61 Å². The lowest BCUT2D eigenvalue weighted by Gasteiger charge is -2.04. The minimum Gasteiger partial charge on any atom is -0.484 e. The number of thioether (sulfide) groups is 1. The van der Waals surface area contributed by atoms with Gasteiger partial charge < -0.3 is 9.15 Å². The molecule has 0 N–H and O–H groups in total. The number of hydrogen-bond acceptors (Lipinski definition) is 6. The summed E-state index contributed by atoms with van der Waals surface area (Å²) in [5.41, 5.74) is 3.29. The van der Waals surface area contributed by atoms with Crippen molar-refractivity contribution in [1.29, 1.82) is 0 Å². The first-order valence-electron chi connectivity index (χ1n) is 8.25. The largest absolute Gasteiger partial charge is 0.484 e. The Hall–Kier alpha value is -2.86. The second-order valence-electron chi connectivity index (χ2n) is 5.85. The summed E-state index contributed by atoms with van der Waals surface area (Å²) in [7, 11) is 0. The summed E-state index contributed by atoms with van der Waals surface area (Å²) in [6.45, 7) is 2.28. The maximum atomic E-state index is 5.69. The van der Waals surface area contributed by atoms with Crippen LogP contribution in [0.15, 0.2) is 70.4 Å². The first-order valence-corrected chi connectivity index (χ1v) is 9.24. The van der Waals surface area contributed by atoms with E-state index < -0.39 is 0 Å². The van der Waals surface area contributed by atoms with Crippen molar-refractivity contribution in [3.63, 3.8) is 0 Å². The van der Waals surface area contributed by atoms with Crippen LogP contribution in [0.4, 0.5) is 0 Å². The van der Waals surface area contributed by atoms with Gasteiger partial charge in [0.25, 0.3) is 11.1 Å². The van der Waals surface area contributed by atoms with Gasteiger partial charge in [0, 0.05) is 17.3 Å². The number of aromatic nitrogens is 3. The van der Waals surface area contributed by atoms with Crippen LogP contribution in [0.3, 0.4) is 0 Å². The van der Waals surface area contributed by atoms with Crippen molar-refractivity contribution < 1.29 is 9.15 Å². The Kier molecular flexibility index (Phi) is 4.84. The molecule has 5 nitrogen and oxygen atoms in total. The average molecular weight is 363 g/mol. The van der Waals surface area contributed by atoms with E-state index in [2.05, 4.69) is 33.4 Å². The highest BCUT2D eigenvalue weighted by Crippen LogP contribution is 2.25. The Morgan fingerprint density at radius 3 is 2.85 bits per heavy atom. The fraction of sp³-hybridized carbons (Fsp3) is 0.150. The molecule has 0 aliphatic heterocycles. The quantitative estimate of drug-likeness (QED) is 0.459. The third kappa shape index (κ3) is 3.86. The van der Waals surface area contributed by atoms with Crippen LogP contribution in [0.1, 0.15) is 17.0 Å². The standard InChI is InChI=1S/C20H17N3O2S/c1-14-5-2-9-17(11-14)24-12-18-22-23-20(25-18)26-13-16-7-3-6-15-8-4-10-21-19(15)16/h2-11H,12-13H2,1H3. The summed E-state index contributed by atoms with van der Waals surface area (Å²) in [5.74, 6) is 1.97. The van der Waals surface area contributed by atoms with Crippen LogP contribution in [0, 0.1) is 6.92 Å². The van der Waals surface area contributed by atoms with Gasteiger partial charge in [-0.1, -0.05) is 48.2 Å². The van der Waals surface area contributed by atoms with Gasteiger partial charge in [-0.25, -0.2) is 0 Å². The van der Waals surface area contributed by atoms with Crippen molar-refractivity contribution in [2.75, 3.05) is 0 Å². The van der Waals surface area contributed by atoms with Crippen LogP contribution in [0.2, 0.25) is 0 Å². The second-order valence-corrected chi connectivity index (χ2v) is 6.77. The predicted octanol–water partition coefficient (Wildman–Crippen LogP) is 4.80. The van der Waals surface area contributed by atoms with E-state index in [0.717, 1.165) is 27.8 Å². The molecular weight excluding hydrogens is 346 g/mol. The molecule has 0 radical (unpaired) electrons. The molecule has 2 aromatic heterocycles. The van der Waals surface area contributed by atoms with Gasteiger partial charge in [-0.05, 0) is 36.2 Å². The number of rotatable bonds is 6. The molecule has 0 bridgehead atoms. The van der Waals surface area contributed by atoms with Crippen molar-refractivity contribution in [3.05, 3.63) is 77.8 Å². The topological polar surface area (TPSA) is 61.0 Å². The molecule has 0 aliphatic rings. The van der Waals surface area contributed by atoms with Crippen LogP contribution in [0.5, 0.6) is 5.75 Å². The fourth-order valence-corrected chi connectivity index (χ4v) is 3.39. The lowest BCUT2D eigenvalue weighted by atomic mass is 10.1. The van der Waals surface area contributed by atoms with Gasteiger partial charge in [-0.15, -0.1) is 10.2 Å². The Balaban J connectivity index is 1.39. The lowest BCUT2D eigenvalue weighted by molar-refractivity contribution is 0.252. The molecule has 2 heterocycles. The van der Waals surface area contributed by atoms with Crippen LogP contribution < -0.4 is 4.74 Å². The maximum Gasteiger partial charge on any atom is 0.277 e. The summed E-state index contributed by atoms with van der Waals surface area (Å²) in [6, 6.07) is 18.0. The van der Waals surface area contributed by atoms with Gasteiger partial charge in [-0.3, -0.25) is 4.98 Å². The Labute approximate surface area is 155 Å². The molecule has 4 aromatic rings. The van der Waals surface area contributed by atoms with Crippen LogP contribution >= 0.6 is 11.8 Å². The zero-order chi connectivity index (χ0) is 17.8. The van der Waals surface area contributed by atoms with Gasteiger partial charge in [-0.2, -0.15) is 0 Å². The molecule has 4 rings (SSSR count). The zero-order valence-electron chi connectivity index (χ0n) is 14.3. The molecule has 130 valence electrons. The number of pyridine rings is 1. The molecule has 0 unspecified atom stereocenters. The molecule has 0 fully saturated rings. The Morgan fingerprint density at radius 2 is 1.92 bits per heavy atom. The summed E-state index contributed by atoms with van der Waals surface area (Å²) >= 11 is 1.50. The lowest BCUT2D eigenvalue weighted by Crippen LogP contribution is -1.95. The number of para-hydroxylation sites is 1. The van der Waals surface area contributed by atoms with Crippen LogP contribution in [-0.4, -0.2) is 15.2 Å². The number of nitrogens with zero attached hydrogens (tertiary/aromatic N) is 3. The molecule has 0 amide bonds. The van der Waals surface area contributed by atoms with E-state index in [1.165, 1.54) is 11.8 Å². The Bertz CT molecular complexity index is 1030. The van der Waals surface area contributed by atoms with E-state index in [1.807, 2.05) is 49.5 Å². The van der Waals surface area contributed by atoms with Gasteiger partial charge in [0.2, 0.25) is 0 Å². The van der Waals surface area contributed by atoms with Gasteiger partial charge >= 0.3 is 0 Å². The normalized spacial score (nSPS) is 11.0. The van der Waals surface area contributed by atoms with Crippen molar-refractivity contribution in [3.8, 4) is 5.75 Å². The molecule has 2 aromatic carbocycles. The molecule has 0 atom stereocenters. The SMILES string of the molecule is Cc1cccc(OCc2nnc(SCc3cccc4cccnc34)o2)c1. The smallest absolute Gasteiger partial charge is 0.277 e. The second kappa shape index (κ2) is 7.58. The van der Waals surface area contributed by atoms with Crippen LogP contribution in [-0.2, 0) is 12.4 Å². The number of fused-ring (bicyclic) bond motifs is 1. The van der Waals surface area contributed by atoms with Gasteiger partial charge in [0.1, 0.15) is 5.75 Å². The minimum atomic E-state index is 0.257. The molecule has 0 aliphatic carbocycles. The molecular formula is C20H17N3O2S. The van der Waals surface area contributed by atoms with Crippen molar-refractivity contribution >= 4 is 22.7 Å². The van der Waals surface area contributed by atoms with E-state index in [0.29, 0.717) is 16.9 Å². The third-order valence-corrected chi connectivity index (χ3v) is 4.73. The van der Waals surface area contributed by atoms with Crippen molar-refractivity contribution in [1.82, 2.24) is 15.2 Å². The summed E-state index contributed by atoms with van der Waals surface area (Å²) in [5, 5.41) is 9.79. The minimum absolute atomic E-state index is 0.257. The van der Waals surface area contributed by atoms with Gasteiger partial charge in [0.15, 0.2) is 6.61 Å². The van der Waals surface area contributed by atoms with E-state index in [4.69, 9.17) is 9.15 Å². The molecule has 0 saturated heterocycles. The highest BCUT2D eigenvalue weighted by Gasteiger charge is 2.09. The average Bonchev–Trinajstić information content (AvgIpc) is 3.13. The van der Waals surface area contributed by atoms with E-state index in [9.17, 15) is 0 Å². The number of ether oxygens (including phenoxy) is 1. The zero-order valence-corrected chi connectivity index (χ0v) is 15.1. The van der Waals surface area contributed by atoms with E-state index in [1.54, 1.807) is 0 Å². The Morgan fingerprint density at radius 1 is 1.04 bits per heavy atom. The molecule has 6 heteroatoms. The van der Waals surface area contributed by atoms with Crippen molar-refractivity contribution in [2.24, 2.45) is 0 Å². The number of aryl methyl sites for hydroxylation is 1. The number of hydrogen-bond donors (Lipinski definition) is 0. The molecule has 0 spiro atoms. The monoisotopic (exact) mass is 363 g/mol. The van der Waals surface area contributed by atoms with Gasteiger partial charge in [0.05, 0.1) is 5.52 Å². The highest BCUT2D eigenvalue weighted by atomic mass is 32.2. The first-order chi connectivity index (χ1) is 12.8. The highest BCUT2D eigenvalue weighted by molar-refractivity contribution is 7.98.